The van der Waals surface area contributed by atoms with Crippen molar-refractivity contribution >= 4 is 17.7 Å². The summed E-state index contributed by atoms with van der Waals surface area (Å²) in [6.45, 7) is 1.36. The first-order valence-corrected chi connectivity index (χ1v) is 7.62. The molecule has 2 atom stereocenters. The van der Waals surface area contributed by atoms with Crippen molar-refractivity contribution in [2.24, 2.45) is 0 Å². The lowest BCUT2D eigenvalue weighted by molar-refractivity contribution is -0.120. The molecule has 0 bridgehead atoms. The van der Waals surface area contributed by atoms with E-state index in [1.807, 2.05) is 24.3 Å². The Bertz CT molecular complexity index is 456. The predicted molar refractivity (Wildman–Crippen MR) is 79.1 cm³/mol. The molecule has 1 aromatic carbocycles. The first-order chi connectivity index (χ1) is 9.69. The molecule has 0 aromatic heterocycles. The van der Waals surface area contributed by atoms with E-state index in [4.69, 9.17) is 4.74 Å². The highest BCUT2D eigenvalue weighted by atomic mass is 32.2. The van der Waals surface area contributed by atoms with Gasteiger partial charge in [0.1, 0.15) is 5.75 Å². The fourth-order valence-electron chi connectivity index (χ4n) is 2.10. The molecule has 5 nitrogen and oxygen atoms in total. The molecule has 1 aliphatic rings. The lowest BCUT2D eigenvalue weighted by atomic mass is 10.0. The summed E-state index contributed by atoms with van der Waals surface area (Å²) in [6.07, 6.45) is 0.256. The van der Waals surface area contributed by atoms with Crippen molar-refractivity contribution in [2.45, 2.75) is 23.5 Å². The van der Waals surface area contributed by atoms with Gasteiger partial charge in [0.2, 0.25) is 5.91 Å². The number of carbonyl (C=O) groups is 1. The maximum atomic E-state index is 11.9. The summed E-state index contributed by atoms with van der Waals surface area (Å²) in [5.41, 5.74) is 0. The Kier molecular flexibility index (Phi) is 5.70. The maximum Gasteiger partial charge on any atom is 0.230 e. The molecule has 0 radical (unpaired) electrons. The normalized spacial score (nSPS) is 22.3. The molecule has 2 rings (SSSR count). The molecule has 0 spiro atoms. The number of thioether (sulfide) groups is 1. The first kappa shape index (κ1) is 15.2. The molecule has 1 fully saturated rings. The van der Waals surface area contributed by atoms with Crippen molar-refractivity contribution in [2.75, 3.05) is 26.0 Å². The number of amides is 1. The molecule has 0 unspecified atom stereocenters. The van der Waals surface area contributed by atoms with Gasteiger partial charge in [-0.05, 0) is 31.2 Å². The van der Waals surface area contributed by atoms with Gasteiger partial charge in [0, 0.05) is 11.4 Å². The van der Waals surface area contributed by atoms with Crippen LogP contribution in [0.25, 0.3) is 0 Å². The number of hydrogen-bond acceptors (Lipinski definition) is 5. The Morgan fingerprint density at radius 1 is 1.60 bits per heavy atom. The standard InChI is InChI=1S/C14H20N2O3S/c1-19-10-3-2-4-11(7-10)20-9-14(18)16-12-5-6-15-8-13(12)17/h2-4,7,12-13,15,17H,5-6,8-9H2,1H3,(H,16,18)/t12-,13-/m1/s1. The summed E-state index contributed by atoms with van der Waals surface area (Å²) in [7, 11) is 1.62. The van der Waals surface area contributed by atoms with Crippen LogP contribution in [0.4, 0.5) is 0 Å². The third-order valence-electron chi connectivity index (χ3n) is 3.21. The van der Waals surface area contributed by atoms with Crippen LogP contribution in [-0.2, 0) is 4.79 Å². The highest BCUT2D eigenvalue weighted by Crippen LogP contribution is 2.22. The Balaban J connectivity index is 1.79. The van der Waals surface area contributed by atoms with E-state index in [9.17, 15) is 9.90 Å². The fraction of sp³-hybridized carbons (Fsp3) is 0.500. The van der Waals surface area contributed by atoms with Gasteiger partial charge >= 0.3 is 0 Å². The second-order valence-electron chi connectivity index (χ2n) is 4.70. The Morgan fingerprint density at radius 2 is 2.45 bits per heavy atom. The second-order valence-corrected chi connectivity index (χ2v) is 5.75. The van der Waals surface area contributed by atoms with Gasteiger partial charge in [0.15, 0.2) is 0 Å². The van der Waals surface area contributed by atoms with E-state index in [-0.39, 0.29) is 11.9 Å². The molecule has 1 aromatic rings. The molecule has 110 valence electrons. The van der Waals surface area contributed by atoms with Crippen molar-refractivity contribution < 1.29 is 14.6 Å². The topological polar surface area (TPSA) is 70.6 Å². The van der Waals surface area contributed by atoms with Crippen LogP contribution in [-0.4, -0.2) is 49.1 Å². The van der Waals surface area contributed by atoms with Crippen LogP contribution < -0.4 is 15.4 Å². The van der Waals surface area contributed by atoms with E-state index in [1.54, 1.807) is 7.11 Å². The van der Waals surface area contributed by atoms with Gasteiger partial charge in [-0.15, -0.1) is 11.8 Å². The molecular formula is C14H20N2O3S. The van der Waals surface area contributed by atoms with Gasteiger partial charge in [-0.2, -0.15) is 0 Å². The van der Waals surface area contributed by atoms with Crippen LogP contribution in [0.15, 0.2) is 29.2 Å². The maximum absolute atomic E-state index is 11.9. The molecule has 1 aliphatic heterocycles. The number of aliphatic hydroxyl groups excluding tert-OH is 1. The summed E-state index contributed by atoms with van der Waals surface area (Å²) in [6, 6.07) is 7.47. The zero-order valence-corrected chi connectivity index (χ0v) is 12.3. The SMILES string of the molecule is COc1cccc(SCC(=O)N[C@@H]2CCNC[C@H]2O)c1. The molecule has 6 heteroatoms. The van der Waals surface area contributed by atoms with E-state index in [0.29, 0.717) is 12.3 Å². The summed E-state index contributed by atoms with van der Waals surface area (Å²) in [5, 5.41) is 15.7. The van der Waals surface area contributed by atoms with Gasteiger partial charge in [-0.3, -0.25) is 4.79 Å². The number of ether oxygens (including phenoxy) is 1. The number of piperidine rings is 1. The van der Waals surface area contributed by atoms with Gasteiger partial charge in [0.25, 0.3) is 0 Å². The minimum absolute atomic E-state index is 0.0521. The third-order valence-corrected chi connectivity index (χ3v) is 4.20. The largest absolute Gasteiger partial charge is 0.497 e. The van der Waals surface area contributed by atoms with Crippen LogP contribution in [0.2, 0.25) is 0 Å². The van der Waals surface area contributed by atoms with Crippen LogP contribution in [0, 0.1) is 0 Å². The van der Waals surface area contributed by atoms with Gasteiger partial charge in [-0.1, -0.05) is 6.07 Å². The number of β-amino-alcohol motifs (C(OH)–C–C–N with tert-alkyl or cyclic N) is 1. The van der Waals surface area contributed by atoms with E-state index in [2.05, 4.69) is 10.6 Å². The van der Waals surface area contributed by atoms with Gasteiger partial charge in [0.05, 0.1) is 25.0 Å². The monoisotopic (exact) mass is 296 g/mol. The minimum atomic E-state index is -0.505. The van der Waals surface area contributed by atoms with Gasteiger partial charge < -0.3 is 20.5 Å². The van der Waals surface area contributed by atoms with Crippen LogP contribution in [0.5, 0.6) is 5.75 Å². The number of benzene rings is 1. The van der Waals surface area contributed by atoms with Crippen molar-refractivity contribution in [1.82, 2.24) is 10.6 Å². The molecular weight excluding hydrogens is 276 g/mol. The smallest absolute Gasteiger partial charge is 0.230 e. The highest BCUT2D eigenvalue weighted by molar-refractivity contribution is 8.00. The molecule has 0 aliphatic carbocycles. The summed E-state index contributed by atoms with van der Waals surface area (Å²) >= 11 is 1.46. The summed E-state index contributed by atoms with van der Waals surface area (Å²) < 4.78 is 5.14. The molecule has 3 N–H and O–H groups in total. The zero-order chi connectivity index (χ0) is 14.4. The molecule has 1 amide bonds. The third kappa shape index (κ3) is 4.40. The average Bonchev–Trinajstić information content (AvgIpc) is 2.48. The van der Waals surface area contributed by atoms with Crippen molar-refractivity contribution in [3.8, 4) is 5.75 Å². The number of nitrogens with one attached hydrogen (secondary N) is 2. The number of aliphatic hydroxyl groups is 1. The lowest BCUT2D eigenvalue weighted by Gasteiger charge is -2.29. The molecule has 0 saturated carbocycles. The van der Waals surface area contributed by atoms with Crippen molar-refractivity contribution in [3.05, 3.63) is 24.3 Å². The van der Waals surface area contributed by atoms with E-state index >= 15 is 0 Å². The second kappa shape index (κ2) is 7.52. The Labute approximate surface area is 123 Å². The molecule has 20 heavy (non-hydrogen) atoms. The quantitative estimate of drug-likeness (QED) is 0.695. The highest BCUT2D eigenvalue weighted by Gasteiger charge is 2.24. The average molecular weight is 296 g/mol. The number of hydrogen-bond donors (Lipinski definition) is 3. The molecule has 1 heterocycles. The van der Waals surface area contributed by atoms with E-state index in [1.165, 1.54) is 11.8 Å². The Morgan fingerprint density at radius 3 is 3.20 bits per heavy atom. The minimum Gasteiger partial charge on any atom is -0.497 e. The molecule has 1 saturated heterocycles. The zero-order valence-electron chi connectivity index (χ0n) is 11.5. The van der Waals surface area contributed by atoms with E-state index < -0.39 is 6.10 Å². The Hall–Kier alpha value is -1.24. The number of rotatable bonds is 5. The lowest BCUT2D eigenvalue weighted by Crippen LogP contribution is -2.53. The first-order valence-electron chi connectivity index (χ1n) is 6.64. The van der Waals surface area contributed by atoms with Gasteiger partial charge in [-0.25, -0.2) is 0 Å². The number of carbonyl (C=O) groups excluding carboxylic acids is 1. The van der Waals surface area contributed by atoms with Crippen molar-refractivity contribution in [1.29, 1.82) is 0 Å². The summed E-state index contributed by atoms with van der Waals surface area (Å²) in [5.74, 6) is 1.07. The van der Waals surface area contributed by atoms with Crippen LogP contribution in [0.1, 0.15) is 6.42 Å². The van der Waals surface area contributed by atoms with Crippen molar-refractivity contribution in [3.63, 3.8) is 0 Å². The van der Waals surface area contributed by atoms with Crippen LogP contribution >= 0.6 is 11.8 Å². The van der Waals surface area contributed by atoms with Crippen LogP contribution in [0.3, 0.4) is 0 Å². The summed E-state index contributed by atoms with van der Waals surface area (Å²) in [4.78, 5) is 12.9. The fourth-order valence-corrected chi connectivity index (χ4v) is 2.85. The van der Waals surface area contributed by atoms with E-state index in [0.717, 1.165) is 23.6 Å². The predicted octanol–water partition coefficient (Wildman–Crippen LogP) is 0.626. The number of methoxy groups -OCH3 is 1.